The number of nitrogens with one attached hydrogen (secondary N) is 2. The molecule has 1 aliphatic rings. The maximum atomic E-state index is 12.4. The van der Waals surface area contributed by atoms with Gasteiger partial charge in [0.25, 0.3) is 0 Å². The van der Waals surface area contributed by atoms with E-state index in [0.717, 1.165) is 38.8 Å². The Kier molecular flexibility index (Phi) is 7.89. The highest BCUT2D eigenvalue weighted by Gasteiger charge is 2.31. The maximum absolute atomic E-state index is 12.4. The van der Waals surface area contributed by atoms with Crippen LogP contribution in [0.25, 0.3) is 0 Å². The van der Waals surface area contributed by atoms with E-state index in [1.54, 1.807) is 6.20 Å². The van der Waals surface area contributed by atoms with Gasteiger partial charge in [-0.15, -0.1) is 0 Å². The predicted octanol–water partition coefficient (Wildman–Crippen LogP) is 1.63. The molecule has 2 heterocycles. The zero-order chi connectivity index (χ0) is 20.6. The fourth-order valence-electron chi connectivity index (χ4n) is 2.93. The molecule has 156 valence electrons. The van der Waals surface area contributed by atoms with Crippen LogP contribution in [0.2, 0.25) is 0 Å². The van der Waals surface area contributed by atoms with Crippen molar-refractivity contribution in [2.75, 3.05) is 44.7 Å². The minimum atomic E-state index is -4.42. The fraction of sp³-hybridized carbons (Fsp3) is 0.611. The molecule has 28 heavy (non-hydrogen) atoms. The highest BCUT2D eigenvalue weighted by molar-refractivity contribution is 5.85. The molecule has 0 bridgehead atoms. The summed E-state index contributed by atoms with van der Waals surface area (Å²) in [6, 6.07) is 5.98. The first-order valence-electron chi connectivity index (χ1n) is 9.30. The Labute approximate surface area is 163 Å². The number of carbonyl (C=O) groups is 1. The molecule has 1 saturated heterocycles. The fourth-order valence-corrected chi connectivity index (χ4v) is 2.93. The Bertz CT molecular complexity index is 644. The molecule has 7 nitrogen and oxygen atoms in total. The van der Waals surface area contributed by atoms with E-state index >= 15 is 0 Å². The summed E-state index contributed by atoms with van der Waals surface area (Å²) in [5.74, 6) is 0.701. The molecule has 0 aromatic carbocycles. The van der Waals surface area contributed by atoms with Crippen LogP contribution in [-0.2, 0) is 4.79 Å². The first-order valence-corrected chi connectivity index (χ1v) is 9.30. The molecular weight excluding hydrogens is 373 g/mol. The van der Waals surface area contributed by atoms with E-state index in [-0.39, 0.29) is 12.6 Å². The molecule has 1 aromatic heterocycles. The van der Waals surface area contributed by atoms with Crippen molar-refractivity contribution in [1.29, 1.82) is 0 Å². The van der Waals surface area contributed by atoms with Crippen LogP contribution < -0.4 is 15.5 Å². The van der Waals surface area contributed by atoms with Crippen molar-refractivity contribution < 1.29 is 18.0 Å². The molecule has 1 amide bonds. The third-order valence-electron chi connectivity index (χ3n) is 4.37. The van der Waals surface area contributed by atoms with Crippen molar-refractivity contribution in [3.05, 3.63) is 24.4 Å². The van der Waals surface area contributed by atoms with Crippen molar-refractivity contribution in [3.63, 3.8) is 0 Å². The van der Waals surface area contributed by atoms with Crippen molar-refractivity contribution in [2.45, 2.75) is 32.0 Å². The van der Waals surface area contributed by atoms with Gasteiger partial charge in [0.1, 0.15) is 18.9 Å². The van der Waals surface area contributed by atoms with Gasteiger partial charge in [-0.2, -0.15) is 13.2 Å². The summed E-state index contributed by atoms with van der Waals surface area (Å²) in [5, 5.41) is 6.31. The number of amides is 1. The first kappa shape index (κ1) is 21.8. The van der Waals surface area contributed by atoms with Gasteiger partial charge >= 0.3 is 6.18 Å². The van der Waals surface area contributed by atoms with Gasteiger partial charge in [0.2, 0.25) is 5.91 Å². The van der Waals surface area contributed by atoms with Crippen LogP contribution in [0.4, 0.5) is 19.0 Å². The second kappa shape index (κ2) is 10.1. The number of rotatable bonds is 6. The monoisotopic (exact) mass is 400 g/mol. The lowest BCUT2D eigenvalue weighted by molar-refractivity contribution is -0.157. The van der Waals surface area contributed by atoms with Gasteiger partial charge in [-0.05, 0) is 31.9 Å². The minimum absolute atomic E-state index is 0.167. The summed E-state index contributed by atoms with van der Waals surface area (Å²) in [7, 11) is 1.12. The minimum Gasteiger partial charge on any atom is -0.357 e. The Hall–Kier alpha value is -2.52. The summed E-state index contributed by atoms with van der Waals surface area (Å²) >= 11 is 0. The average molecular weight is 400 g/mol. The summed E-state index contributed by atoms with van der Waals surface area (Å²) < 4.78 is 37.2. The molecular formula is C18H27F3N6O. The van der Waals surface area contributed by atoms with Crippen LogP contribution in [0.5, 0.6) is 0 Å². The zero-order valence-electron chi connectivity index (χ0n) is 16.2. The van der Waals surface area contributed by atoms with E-state index in [9.17, 15) is 18.0 Å². The summed E-state index contributed by atoms with van der Waals surface area (Å²) in [5.41, 5.74) is 0. The molecule has 0 saturated carbocycles. The van der Waals surface area contributed by atoms with Crippen LogP contribution in [0.3, 0.4) is 0 Å². The zero-order valence-corrected chi connectivity index (χ0v) is 16.2. The molecule has 0 unspecified atom stereocenters. The van der Waals surface area contributed by atoms with E-state index in [2.05, 4.69) is 25.5 Å². The Morgan fingerprint density at radius 3 is 2.64 bits per heavy atom. The van der Waals surface area contributed by atoms with E-state index in [1.165, 1.54) is 0 Å². The molecule has 10 heteroatoms. The number of hydrogen-bond acceptors (Lipinski definition) is 4. The number of aliphatic imine (C=N–C) groups is 1. The van der Waals surface area contributed by atoms with Crippen molar-refractivity contribution in [1.82, 2.24) is 20.5 Å². The van der Waals surface area contributed by atoms with Crippen molar-refractivity contribution in [2.24, 2.45) is 4.99 Å². The number of pyridine rings is 1. The van der Waals surface area contributed by atoms with Gasteiger partial charge in [-0.1, -0.05) is 6.07 Å². The van der Waals surface area contributed by atoms with Crippen LogP contribution in [-0.4, -0.2) is 73.7 Å². The molecule has 0 radical (unpaired) electrons. The number of hydrogen-bond donors (Lipinski definition) is 2. The number of aromatic nitrogens is 1. The summed E-state index contributed by atoms with van der Waals surface area (Å²) in [4.78, 5) is 23.2. The van der Waals surface area contributed by atoms with E-state index in [4.69, 9.17) is 0 Å². The van der Waals surface area contributed by atoms with Gasteiger partial charge in [-0.25, -0.2) is 9.98 Å². The number of halogens is 3. The number of alkyl halides is 3. The van der Waals surface area contributed by atoms with Crippen LogP contribution >= 0.6 is 0 Å². The van der Waals surface area contributed by atoms with Crippen LogP contribution in [0, 0.1) is 0 Å². The highest BCUT2D eigenvalue weighted by Crippen LogP contribution is 2.17. The van der Waals surface area contributed by atoms with Crippen LogP contribution in [0.15, 0.2) is 29.4 Å². The Morgan fingerprint density at radius 1 is 1.36 bits per heavy atom. The van der Waals surface area contributed by atoms with Crippen molar-refractivity contribution in [3.8, 4) is 0 Å². The standard InChI is InChI=1S/C18H27F3N6O/c1-3-22-17(24-12-16(28)26(2)13-18(19,20)21)25-14-7-10-27(11-8-14)15-6-4-5-9-23-15/h4-6,9,14H,3,7-8,10-13H2,1-2H3,(H2,22,24,25). The third kappa shape index (κ3) is 7.24. The lowest BCUT2D eigenvalue weighted by atomic mass is 10.1. The summed E-state index contributed by atoms with van der Waals surface area (Å²) in [6.45, 7) is 2.53. The lowest BCUT2D eigenvalue weighted by Gasteiger charge is -2.33. The predicted molar refractivity (Wildman–Crippen MR) is 102 cm³/mol. The number of piperidine rings is 1. The van der Waals surface area contributed by atoms with Crippen LogP contribution in [0.1, 0.15) is 19.8 Å². The largest absolute Gasteiger partial charge is 0.406 e. The maximum Gasteiger partial charge on any atom is 0.406 e. The van der Waals surface area contributed by atoms with Gasteiger partial charge < -0.3 is 20.4 Å². The SMILES string of the molecule is CCNC(=NCC(=O)N(C)CC(F)(F)F)NC1CCN(c2ccccn2)CC1. The van der Waals surface area contributed by atoms with Gasteiger partial charge in [-0.3, -0.25) is 4.79 Å². The first-order chi connectivity index (χ1) is 13.3. The number of anilines is 1. The second-order valence-corrected chi connectivity index (χ2v) is 6.65. The third-order valence-corrected chi connectivity index (χ3v) is 4.37. The van der Waals surface area contributed by atoms with E-state index < -0.39 is 18.6 Å². The van der Waals surface area contributed by atoms with E-state index in [1.807, 2.05) is 25.1 Å². The Balaban J connectivity index is 1.85. The number of likely N-dealkylation sites (N-methyl/N-ethyl adjacent to an activating group) is 1. The molecule has 0 aliphatic carbocycles. The van der Waals surface area contributed by atoms with Gasteiger partial charge in [0.05, 0.1) is 0 Å². The average Bonchev–Trinajstić information content (AvgIpc) is 2.66. The van der Waals surface area contributed by atoms with Gasteiger partial charge in [0, 0.05) is 38.9 Å². The molecule has 0 atom stereocenters. The smallest absolute Gasteiger partial charge is 0.357 e. The number of carbonyl (C=O) groups excluding carboxylic acids is 1. The lowest BCUT2D eigenvalue weighted by Crippen LogP contribution is -2.49. The normalized spacial score (nSPS) is 16.0. The molecule has 1 aromatic rings. The molecule has 2 N–H and O–H groups in total. The molecule has 1 fully saturated rings. The number of guanidine groups is 1. The quantitative estimate of drug-likeness (QED) is 0.561. The molecule has 0 spiro atoms. The second-order valence-electron chi connectivity index (χ2n) is 6.65. The molecule has 1 aliphatic heterocycles. The Morgan fingerprint density at radius 2 is 2.07 bits per heavy atom. The topological polar surface area (TPSA) is 72.9 Å². The summed E-state index contributed by atoms with van der Waals surface area (Å²) in [6.07, 6.45) is -0.924. The van der Waals surface area contributed by atoms with Gasteiger partial charge in [0.15, 0.2) is 5.96 Å². The molecule has 2 rings (SSSR count). The number of nitrogens with zero attached hydrogens (tertiary/aromatic N) is 4. The highest BCUT2D eigenvalue weighted by atomic mass is 19.4. The van der Waals surface area contributed by atoms with E-state index in [0.29, 0.717) is 17.4 Å². The van der Waals surface area contributed by atoms with Crippen molar-refractivity contribution >= 4 is 17.7 Å².